The van der Waals surface area contributed by atoms with Gasteiger partial charge < -0.3 is 11.1 Å². The summed E-state index contributed by atoms with van der Waals surface area (Å²) in [4.78, 5) is 14.2. The van der Waals surface area contributed by atoms with Crippen LogP contribution in [-0.2, 0) is 4.79 Å². The number of hydrogen-bond donors (Lipinski definition) is 2. The number of nitrogens with zero attached hydrogens (tertiary/aromatic N) is 1. The Morgan fingerprint density at radius 2 is 2.30 bits per heavy atom. The Balaban J connectivity index is 1.89. The molecule has 4 nitrogen and oxygen atoms in total. The number of nitrogens with two attached hydrogens (primary N) is 1. The summed E-state index contributed by atoms with van der Waals surface area (Å²) in [5.74, 6) is 0.485. The van der Waals surface area contributed by atoms with E-state index >= 15 is 0 Å². The van der Waals surface area contributed by atoms with Gasteiger partial charge in [0.15, 0.2) is 0 Å². The highest BCUT2D eigenvalue weighted by atomic mass is 35.5. The van der Waals surface area contributed by atoms with E-state index in [4.69, 9.17) is 17.3 Å². The second-order valence-corrected chi connectivity index (χ2v) is 6.10. The zero-order valence-electron chi connectivity index (χ0n) is 12.0. The third-order valence-corrected chi connectivity index (χ3v) is 4.18. The summed E-state index contributed by atoms with van der Waals surface area (Å²) in [6.45, 7) is 6.19. The van der Waals surface area contributed by atoms with Crippen molar-refractivity contribution in [2.24, 2.45) is 11.7 Å². The Hall–Kier alpha value is -1.10. The van der Waals surface area contributed by atoms with Crippen molar-refractivity contribution in [2.45, 2.75) is 26.3 Å². The van der Waals surface area contributed by atoms with Crippen LogP contribution in [0.3, 0.4) is 0 Å². The van der Waals surface area contributed by atoms with Crippen LogP contribution in [0.25, 0.3) is 0 Å². The molecule has 1 aliphatic rings. The van der Waals surface area contributed by atoms with Gasteiger partial charge in [-0.1, -0.05) is 24.6 Å². The van der Waals surface area contributed by atoms with Gasteiger partial charge in [-0.3, -0.25) is 9.69 Å². The lowest BCUT2D eigenvalue weighted by Gasteiger charge is -2.34. The quantitative estimate of drug-likeness (QED) is 0.899. The third-order valence-electron chi connectivity index (χ3n) is 3.87. The number of benzene rings is 1. The minimum absolute atomic E-state index is 0.0440. The lowest BCUT2D eigenvalue weighted by molar-refractivity contribution is -0.117. The molecule has 1 heterocycles. The van der Waals surface area contributed by atoms with Gasteiger partial charge in [0.05, 0.1) is 17.3 Å². The number of likely N-dealkylation sites (tertiary alicyclic amines) is 1. The fourth-order valence-electron chi connectivity index (χ4n) is 2.43. The minimum Gasteiger partial charge on any atom is -0.326 e. The Morgan fingerprint density at radius 3 is 2.95 bits per heavy atom. The molecule has 1 aromatic rings. The number of amides is 1. The van der Waals surface area contributed by atoms with Gasteiger partial charge in [0.1, 0.15) is 0 Å². The van der Waals surface area contributed by atoms with Crippen molar-refractivity contribution in [3.05, 3.63) is 28.8 Å². The van der Waals surface area contributed by atoms with E-state index in [1.165, 1.54) is 0 Å². The highest BCUT2D eigenvalue weighted by molar-refractivity contribution is 6.33. The molecule has 1 saturated heterocycles. The SMILES string of the molecule is Cc1ccc(NC(=O)CN2CCC(C)C(N)C2)c(Cl)c1. The molecule has 1 fully saturated rings. The first-order valence-corrected chi connectivity index (χ1v) is 7.37. The zero-order valence-corrected chi connectivity index (χ0v) is 12.8. The van der Waals surface area contributed by atoms with Gasteiger partial charge in [-0.15, -0.1) is 0 Å². The summed E-state index contributed by atoms with van der Waals surface area (Å²) in [6, 6.07) is 5.76. The van der Waals surface area contributed by atoms with Crippen LogP contribution in [-0.4, -0.2) is 36.5 Å². The first kappa shape index (κ1) is 15.3. The molecule has 0 radical (unpaired) electrons. The van der Waals surface area contributed by atoms with Gasteiger partial charge in [-0.2, -0.15) is 0 Å². The van der Waals surface area contributed by atoms with Crippen molar-refractivity contribution in [2.75, 3.05) is 25.0 Å². The molecule has 1 aromatic carbocycles. The predicted molar refractivity (Wildman–Crippen MR) is 83.0 cm³/mol. The Morgan fingerprint density at radius 1 is 1.55 bits per heavy atom. The van der Waals surface area contributed by atoms with E-state index in [1.54, 1.807) is 0 Å². The third kappa shape index (κ3) is 3.95. The number of nitrogens with one attached hydrogen (secondary N) is 1. The lowest BCUT2D eigenvalue weighted by atomic mass is 9.94. The molecule has 20 heavy (non-hydrogen) atoms. The number of carbonyl (C=O) groups is 1. The van der Waals surface area contributed by atoms with Crippen molar-refractivity contribution >= 4 is 23.2 Å². The van der Waals surface area contributed by atoms with E-state index < -0.39 is 0 Å². The molecule has 0 saturated carbocycles. The monoisotopic (exact) mass is 295 g/mol. The van der Waals surface area contributed by atoms with Crippen LogP contribution >= 0.6 is 11.6 Å². The van der Waals surface area contributed by atoms with Gasteiger partial charge in [0.2, 0.25) is 5.91 Å². The molecule has 0 spiro atoms. The summed E-state index contributed by atoms with van der Waals surface area (Å²) in [5.41, 5.74) is 7.78. The van der Waals surface area contributed by atoms with E-state index in [0.29, 0.717) is 23.2 Å². The predicted octanol–water partition coefficient (Wildman–Crippen LogP) is 2.26. The van der Waals surface area contributed by atoms with Crippen LogP contribution < -0.4 is 11.1 Å². The summed E-state index contributed by atoms with van der Waals surface area (Å²) in [7, 11) is 0. The molecule has 0 bridgehead atoms. The highest BCUT2D eigenvalue weighted by Crippen LogP contribution is 2.23. The van der Waals surface area contributed by atoms with Crippen molar-refractivity contribution in [3.63, 3.8) is 0 Å². The van der Waals surface area contributed by atoms with Crippen molar-refractivity contribution in [3.8, 4) is 0 Å². The average Bonchev–Trinajstić information content (AvgIpc) is 2.37. The minimum atomic E-state index is -0.0440. The molecule has 2 rings (SSSR count). The van der Waals surface area contributed by atoms with Crippen LogP contribution in [0.2, 0.25) is 5.02 Å². The molecule has 0 aromatic heterocycles. The Labute approximate surface area is 125 Å². The summed E-state index contributed by atoms with van der Waals surface area (Å²) in [5, 5.41) is 3.43. The standard InChI is InChI=1S/C15H22ClN3O/c1-10-3-4-14(12(16)7-10)18-15(20)9-19-6-5-11(2)13(17)8-19/h3-4,7,11,13H,5-6,8-9,17H2,1-2H3,(H,18,20). The fraction of sp³-hybridized carbons (Fsp3) is 0.533. The molecule has 0 aliphatic carbocycles. The zero-order chi connectivity index (χ0) is 14.7. The second kappa shape index (κ2) is 6.57. The molecule has 2 unspecified atom stereocenters. The van der Waals surface area contributed by atoms with E-state index in [1.807, 2.05) is 25.1 Å². The van der Waals surface area contributed by atoms with Crippen LogP contribution in [0.1, 0.15) is 18.9 Å². The summed E-state index contributed by atoms with van der Waals surface area (Å²) >= 11 is 6.11. The molecule has 3 N–H and O–H groups in total. The number of rotatable bonds is 3. The van der Waals surface area contributed by atoms with Crippen molar-refractivity contribution in [1.82, 2.24) is 4.90 Å². The number of hydrogen-bond acceptors (Lipinski definition) is 3. The maximum absolute atomic E-state index is 12.1. The number of aryl methyl sites for hydroxylation is 1. The molecule has 2 atom stereocenters. The first-order valence-electron chi connectivity index (χ1n) is 6.99. The second-order valence-electron chi connectivity index (χ2n) is 5.70. The highest BCUT2D eigenvalue weighted by Gasteiger charge is 2.24. The number of carbonyl (C=O) groups excluding carboxylic acids is 1. The van der Waals surface area contributed by atoms with Crippen molar-refractivity contribution in [1.29, 1.82) is 0 Å². The first-order chi connectivity index (χ1) is 9.45. The van der Waals surface area contributed by atoms with E-state index in [9.17, 15) is 4.79 Å². The smallest absolute Gasteiger partial charge is 0.238 e. The van der Waals surface area contributed by atoms with Gasteiger partial charge >= 0.3 is 0 Å². The molecule has 110 valence electrons. The van der Waals surface area contributed by atoms with E-state index in [-0.39, 0.29) is 11.9 Å². The van der Waals surface area contributed by atoms with E-state index in [2.05, 4.69) is 17.1 Å². The summed E-state index contributed by atoms with van der Waals surface area (Å²) in [6.07, 6.45) is 1.04. The van der Waals surface area contributed by atoms with Gasteiger partial charge in [-0.25, -0.2) is 0 Å². The maximum Gasteiger partial charge on any atom is 0.238 e. The van der Waals surface area contributed by atoms with Gasteiger partial charge in [-0.05, 0) is 43.5 Å². The normalized spacial score (nSPS) is 23.6. The van der Waals surface area contributed by atoms with Crippen LogP contribution in [0.5, 0.6) is 0 Å². The van der Waals surface area contributed by atoms with Crippen molar-refractivity contribution < 1.29 is 4.79 Å². The molecule has 5 heteroatoms. The van der Waals surface area contributed by atoms with Gasteiger partial charge in [0.25, 0.3) is 0 Å². The fourth-order valence-corrected chi connectivity index (χ4v) is 2.71. The lowest BCUT2D eigenvalue weighted by Crippen LogP contribution is -2.49. The number of halogens is 1. The van der Waals surface area contributed by atoms with Gasteiger partial charge in [0, 0.05) is 12.6 Å². The van der Waals surface area contributed by atoms with Crippen LogP contribution in [0, 0.1) is 12.8 Å². The molecule has 1 amide bonds. The number of piperidine rings is 1. The summed E-state index contributed by atoms with van der Waals surface area (Å²) < 4.78 is 0. The van der Waals surface area contributed by atoms with E-state index in [0.717, 1.165) is 25.1 Å². The molecule has 1 aliphatic heterocycles. The molecular weight excluding hydrogens is 274 g/mol. The average molecular weight is 296 g/mol. The van der Waals surface area contributed by atoms with Crippen LogP contribution in [0.15, 0.2) is 18.2 Å². The maximum atomic E-state index is 12.1. The largest absolute Gasteiger partial charge is 0.326 e. The Bertz CT molecular complexity index is 492. The number of anilines is 1. The van der Waals surface area contributed by atoms with Crippen LogP contribution in [0.4, 0.5) is 5.69 Å². The Kier molecular flexibility index (Phi) is 5.02. The topological polar surface area (TPSA) is 58.4 Å². The molecular formula is C15H22ClN3O.